The van der Waals surface area contributed by atoms with Crippen LogP contribution in [0.15, 0.2) is 89.1 Å². The van der Waals surface area contributed by atoms with E-state index in [9.17, 15) is 26.4 Å². The predicted octanol–water partition coefficient (Wildman–Crippen LogP) is 2.14. The Kier molecular flexibility index (Phi) is 5.06. The molecule has 3 heterocycles. The Hall–Kier alpha value is -4.43. The molecule has 6 rings (SSSR count). The van der Waals surface area contributed by atoms with Crippen molar-refractivity contribution in [3.63, 3.8) is 0 Å². The summed E-state index contributed by atoms with van der Waals surface area (Å²) in [5.41, 5.74) is 1.59. The summed E-state index contributed by atoms with van der Waals surface area (Å²) in [6.07, 6.45) is 1.11. The second kappa shape index (κ2) is 8.03. The van der Waals surface area contributed by atoms with Crippen molar-refractivity contribution in [1.29, 1.82) is 0 Å². The summed E-state index contributed by atoms with van der Waals surface area (Å²) in [5, 5.41) is 0. The first kappa shape index (κ1) is 23.9. The van der Waals surface area contributed by atoms with E-state index >= 15 is 0 Å². The molecule has 0 amide bonds. The van der Waals surface area contributed by atoms with Crippen molar-refractivity contribution in [2.24, 2.45) is 14.1 Å². The number of oxazole rings is 2. The molecule has 0 fully saturated rings. The molecule has 0 saturated carbocycles. The number of imidazole rings is 1. The lowest BCUT2D eigenvalue weighted by atomic mass is 10.2. The first-order chi connectivity index (χ1) is 18.0. The fourth-order valence-electron chi connectivity index (χ4n) is 4.36. The molecule has 0 spiro atoms. The highest BCUT2D eigenvalue weighted by molar-refractivity contribution is 7.90. The maximum Gasteiger partial charge on any atom is 0.419 e. The number of aryl methyl sites for hydroxylation is 2. The predicted molar refractivity (Wildman–Crippen MR) is 136 cm³/mol. The zero-order valence-corrected chi connectivity index (χ0v) is 21.5. The number of hydrogen-bond acceptors (Lipinski definition) is 9. The van der Waals surface area contributed by atoms with Gasteiger partial charge in [-0.15, -0.1) is 0 Å². The van der Waals surface area contributed by atoms with Gasteiger partial charge in [0.2, 0.25) is 0 Å². The zero-order valence-electron chi connectivity index (χ0n) is 19.9. The lowest BCUT2D eigenvalue weighted by Crippen LogP contribution is -2.12. The van der Waals surface area contributed by atoms with Crippen LogP contribution in [-0.2, 0) is 39.7 Å². The van der Waals surface area contributed by atoms with Gasteiger partial charge in [0.1, 0.15) is 11.2 Å². The van der Waals surface area contributed by atoms with Crippen molar-refractivity contribution in [1.82, 2.24) is 18.1 Å². The van der Waals surface area contributed by atoms with E-state index in [-0.39, 0.29) is 26.5 Å². The van der Waals surface area contributed by atoms with Gasteiger partial charge in [-0.2, -0.15) is 0 Å². The van der Waals surface area contributed by atoms with E-state index < -0.39 is 37.1 Å². The minimum absolute atomic E-state index is 0.0497. The largest absolute Gasteiger partial charge is 0.419 e. The molecule has 12 nitrogen and oxygen atoms in total. The maximum atomic E-state index is 13.6. The van der Waals surface area contributed by atoms with Crippen LogP contribution in [0.3, 0.4) is 0 Å². The van der Waals surface area contributed by atoms with Crippen LogP contribution in [0.1, 0.15) is 5.56 Å². The molecular weight excluding hydrogens is 536 g/mol. The number of sulfone groups is 1. The molecule has 0 bridgehead atoms. The van der Waals surface area contributed by atoms with Crippen molar-refractivity contribution in [3.05, 3.63) is 87.6 Å². The van der Waals surface area contributed by atoms with Crippen molar-refractivity contribution in [2.75, 3.05) is 0 Å². The molecule has 0 saturated heterocycles. The monoisotopic (exact) mass is 554 g/mol. The topological polar surface area (TPSA) is 156 Å². The number of aromatic nitrogens is 4. The molecule has 0 atom stereocenters. The van der Waals surface area contributed by atoms with Crippen LogP contribution in [-0.4, -0.2) is 34.9 Å². The van der Waals surface area contributed by atoms with Gasteiger partial charge in [0, 0.05) is 20.2 Å². The van der Waals surface area contributed by atoms with Gasteiger partial charge >= 0.3 is 11.5 Å². The Labute approximate surface area is 213 Å². The first-order valence-corrected chi connectivity index (χ1v) is 14.2. The molecule has 3 aromatic carbocycles. The van der Waals surface area contributed by atoms with E-state index in [1.165, 1.54) is 65.7 Å². The molecule has 0 N–H and O–H groups in total. The molecule has 38 heavy (non-hydrogen) atoms. The van der Waals surface area contributed by atoms with Crippen LogP contribution < -0.4 is 11.5 Å². The number of benzene rings is 3. The number of rotatable bonds is 5. The number of fused-ring (bicyclic) bond motifs is 3. The summed E-state index contributed by atoms with van der Waals surface area (Å²) in [7, 11) is -5.19. The Balaban J connectivity index is 1.42. The van der Waals surface area contributed by atoms with Gasteiger partial charge in [-0.25, -0.2) is 35.4 Å². The average molecular weight is 555 g/mol. The highest BCUT2D eigenvalue weighted by Gasteiger charge is 2.26. The third kappa shape index (κ3) is 3.52. The van der Waals surface area contributed by atoms with Gasteiger partial charge < -0.3 is 8.83 Å². The normalized spacial score (nSPS) is 12.7. The Bertz CT molecular complexity index is 2270. The molecular formula is C24H18N4O8S2. The van der Waals surface area contributed by atoms with Crippen LogP contribution in [0.25, 0.3) is 33.2 Å². The Morgan fingerprint density at radius 1 is 0.816 bits per heavy atom. The Morgan fingerprint density at radius 2 is 1.55 bits per heavy atom. The summed E-state index contributed by atoms with van der Waals surface area (Å²) < 4.78 is 67.3. The number of nitrogens with zero attached hydrogens (tertiary/aromatic N) is 4. The van der Waals surface area contributed by atoms with Crippen LogP contribution in [0.5, 0.6) is 0 Å². The van der Waals surface area contributed by atoms with E-state index in [1.54, 1.807) is 12.1 Å². The van der Waals surface area contributed by atoms with Gasteiger partial charge in [-0.1, -0.05) is 12.1 Å². The van der Waals surface area contributed by atoms with Gasteiger partial charge in [0.15, 0.2) is 21.0 Å². The molecule has 194 valence electrons. The van der Waals surface area contributed by atoms with Crippen LogP contribution >= 0.6 is 0 Å². The highest BCUT2D eigenvalue weighted by atomic mass is 32.2. The van der Waals surface area contributed by atoms with Crippen molar-refractivity contribution in [3.8, 4) is 0 Å². The second-order valence-electron chi connectivity index (χ2n) is 8.72. The first-order valence-electron chi connectivity index (χ1n) is 11.1. The SMILES string of the molecule is Cn1c(=O)oc2cc(S(=O)(=O)Cc3ccc4ncn(S(=O)(=O)c5cccc6c5oc(=O)n6C)c4c3)ccc21. The van der Waals surface area contributed by atoms with Crippen molar-refractivity contribution < 1.29 is 25.7 Å². The van der Waals surface area contributed by atoms with Gasteiger partial charge in [-0.3, -0.25) is 9.13 Å². The summed E-state index contributed by atoms with van der Waals surface area (Å²) in [4.78, 5) is 27.6. The standard InChI is InChI=1S/C24H18N4O8S2/c1-26-17-9-7-15(11-20(17)35-23(26)29)37(31,32)12-14-6-8-16-19(10-14)28(13-25-16)38(33,34)21-5-3-4-18-22(21)36-24(30)27(18)2/h3-11,13H,12H2,1-2H3. The van der Waals surface area contributed by atoms with Crippen LogP contribution in [0.2, 0.25) is 0 Å². The number of hydrogen-bond donors (Lipinski definition) is 0. The van der Waals surface area contributed by atoms with Crippen LogP contribution in [0, 0.1) is 0 Å². The molecule has 0 unspecified atom stereocenters. The van der Waals surface area contributed by atoms with E-state index in [1.807, 2.05) is 0 Å². The van der Waals surface area contributed by atoms with Crippen LogP contribution in [0.4, 0.5) is 0 Å². The fourth-order valence-corrected chi connectivity index (χ4v) is 7.12. The van der Waals surface area contributed by atoms with E-state index in [2.05, 4.69) is 4.98 Å². The Morgan fingerprint density at radius 3 is 2.34 bits per heavy atom. The average Bonchev–Trinajstić information content (AvgIpc) is 3.52. The summed E-state index contributed by atoms with van der Waals surface area (Å²) in [6.45, 7) is 0. The molecule has 3 aromatic heterocycles. The summed E-state index contributed by atoms with van der Waals surface area (Å²) in [6, 6.07) is 13.0. The lowest BCUT2D eigenvalue weighted by Gasteiger charge is -2.09. The molecule has 0 aliphatic carbocycles. The smallest absolute Gasteiger partial charge is 0.408 e. The van der Waals surface area contributed by atoms with Crippen molar-refractivity contribution in [2.45, 2.75) is 15.5 Å². The summed E-state index contributed by atoms with van der Waals surface area (Å²) in [5.74, 6) is -1.77. The molecule has 6 aromatic rings. The molecule has 0 aliphatic rings. The fraction of sp³-hybridized carbons (Fsp3) is 0.125. The quantitative estimate of drug-likeness (QED) is 0.311. The minimum Gasteiger partial charge on any atom is -0.408 e. The number of para-hydroxylation sites is 1. The maximum absolute atomic E-state index is 13.6. The lowest BCUT2D eigenvalue weighted by molar-refractivity contribution is 0.520. The summed E-state index contributed by atoms with van der Waals surface area (Å²) >= 11 is 0. The molecule has 0 radical (unpaired) electrons. The van der Waals surface area contributed by atoms with E-state index in [0.29, 0.717) is 22.1 Å². The zero-order chi connectivity index (χ0) is 27.0. The van der Waals surface area contributed by atoms with Gasteiger partial charge in [0.05, 0.1) is 32.7 Å². The second-order valence-corrected chi connectivity index (χ2v) is 12.5. The third-order valence-corrected chi connectivity index (χ3v) is 9.75. The highest BCUT2D eigenvalue weighted by Crippen LogP contribution is 2.28. The van der Waals surface area contributed by atoms with E-state index in [0.717, 1.165) is 10.3 Å². The molecule has 14 heteroatoms. The minimum atomic E-state index is -4.28. The van der Waals surface area contributed by atoms with E-state index in [4.69, 9.17) is 8.83 Å². The van der Waals surface area contributed by atoms with Crippen molar-refractivity contribution >= 4 is 53.1 Å². The van der Waals surface area contributed by atoms with Gasteiger partial charge in [0.25, 0.3) is 10.0 Å². The van der Waals surface area contributed by atoms with Gasteiger partial charge in [-0.05, 0) is 42.0 Å². The third-order valence-electron chi connectivity index (χ3n) is 6.38. The molecule has 0 aliphatic heterocycles.